The van der Waals surface area contributed by atoms with Crippen LogP contribution >= 0.6 is 0 Å². The number of sulfonamides is 1. The van der Waals surface area contributed by atoms with Gasteiger partial charge in [-0.1, -0.05) is 0 Å². The first-order valence-electron chi connectivity index (χ1n) is 9.37. The van der Waals surface area contributed by atoms with Crippen molar-refractivity contribution in [1.29, 1.82) is 5.41 Å². The number of ketones is 1. The van der Waals surface area contributed by atoms with Crippen molar-refractivity contribution in [1.82, 2.24) is 4.31 Å². The van der Waals surface area contributed by atoms with Gasteiger partial charge in [-0.2, -0.15) is 4.31 Å². The van der Waals surface area contributed by atoms with Crippen molar-refractivity contribution in [3.8, 4) is 5.75 Å². The van der Waals surface area contributed by atoms with Crippen molar-refractivity contribution >= 4 is 27.5 Å². The van der Waals surface area contributed by atoms with E-state index in [0.29, 0.717) is 5.75 Å². The second-order valence-electron chi connectivity index (χ2n) is 6.96. The third kappa shape index (κ3) is 5.45. The number of aliphatic hydroxyl groups is 1. The topological polar surface area (TPSA) is 134 Å². The van der Waals surface area contributed by atoms with Crippen molar-refractivity contribution in [2.45, 2.75) is 31.6 Å². The van der Waals surface area contributed by atoms with Gasteiger partial charge in [0.2, 0.25) is 10.0 Å². The number of aliphatic hydroxyl groups excluding tert-OH is 1. The fraction of sp³-hybridized carbons (Fsp3) is 0.450. The number of hydrogen-bond donors (Lipinski definition) is 2. The summed E-state index contributed by atoms with van der Waals surface area (Å²) in [6.45, 7) is 2.38. The molecule has 0 bridgehead atoms. The quantitative estimate of drug-likeness (QED) is 0.275. The minimum absolute atomic E-state index is 0.118. The van der Waals surface area contributed by atoms with Crippen LogP contribution in [0.15, 0.2) is 40.5 Å². The van der Waals surface area contributed by atoms with Crippen LogP contribution < -0.4 is 4.74 Å². The highest BCUT2D eigenvalue weighted by atomic mass is 32.2. The molecule has 9 nitrogen and oxygen atoms in total. The van der Waals surface area contributed by atoms with Crippen molar-refractivity contribution < 1.29 is 32.6 Å². The van der Waals surface area contributed by atoms with Crippen molar-refractivity contribution in [2.24, 2.45) is 5.92 Å². The van der Waals surface area contributed by atoms with Crippen LogP contribution in [-0.2, 0) is 24.3 Å². The first-order valence-corrected chi connectivity index (χ1v) is 10.8. The average Bonchev–Trinajstić information content (AvgIpc) is 2.71. The molecule has 0 unspecified atom stereocenters. The first-order chi connectivity index (χ1) is 14.1. The number of nitrogens with zero attached hydrogens (tertiary/aromatic N) is 1. The Bertz CT molecular complexity index is 928. The van der Waals surface area contributed by atoms with E-state index in [-0.39, 0.29) is 42.1 Å². The summed E-state index contributed by atoms with van der Waals surface area (Å²) in [6, 6.07) is 6.09. The molecule has 1 heterocycles. The highest BCUT2D eigenvalue weighted by Gasteiger charge is 2.33. The molecule has 1 fully saturated rings. The first kappa shape index (κ1) is 23.6. The third-order valence-electron chi connectivity index (χ3n) is 4.85. The molecule has 0 spiro atoms. The second-order valence-corrected chi connectivity index (χ2v) is 8.90. The van der Waals surface area contributed by atoms with E-state index in [1.54, 1.807) is 12.1 Å². The highest BCUT2D eigenvalue weighted by molar-refractivity contribution is 7.89. The summed E-state index contributed by atoms with van der Waals surface area (Å²) in [6.07, 6.45) is 0.559. The lowest BCUT2D eigenvalue weighted by molar-refractivity contribution is -0.149. The van der Waals surface area contributed by atoms with Crippen molar-refractivity contribution in [3.63, 3.8) is 0 Å². The molecule has 1 aliphatic rings. The number of esters is 1. The Kier molecular flexibility index (Phi) is 7.74. The van der Waals surface area contributed by atoms with Crippen molar-refractivity contribution in [3.05, 3.63) is 35.6 Å². The van der Waals surface area contributed by atoms with E-state index in [0.717, 1.165) is 0 Å². The molecule has 0 aliphatic carbocycles. The molecule has 0 aromatic heterocycles. The van der Waals surface area contributed by atoms with E-state index in [4.69, 9.17) is 14.9 Å². The van der Waals surface area contributed by atoms with Gasteiger partial charge in [0.15, 0.2) is 5.78 Å². The minimum atomic E-state index is -3.68. The summed E-state index contributed by atoms with van der Waals surface area (Å²) in [5, 5.41) is 17.5. The zero-order valence-corrected chi connectivity index (χ0v) is 18.0. The number of carbonyl (C=O) groups is 2. The van der Waals surface area contributed by atoms with E-state index < -0.39 is 40.1 Å². The lowest BCUT2D eigenvalue weighted by Crippen LogP contribution is -2.40. The lowest BCUT2D eigenvalue weighted by atomic mass is 9.98. The van der Waals surface area contributed by atoms with Crippen LogP contribution in [0.4, 0.5) is 0 Å². The average molecular weight is 439 g/mol. The fourth-order valence-corrected chi connectivity index (χ4v) is 4.71. The Morgan fingerprint density at radius 1 is 1.17 bits per heavy atom. The maximum Gasteiger partial charge on any atom is 0.309 e. The number of hydrogen-bond acceptors (Lipinski definition) is 8. The van der Waals surface area contributed by atoms with E-state index in [2.05, 4.69) is 0 Å². The summed E-state index contributed by atoms with van der Waals surface area (Å²) < 4.78 is 37.0. The van der Waals surface area contributed by atoms with Gasteiger partial charge in [-0.15, -0.1) is 0 Å². The molecule has 164 valence electrons. The number of nitrogens with one attached hydrogen (secondary N) is 1. The number of ether oxygens (including phenoxy) is 2. The largest absolute Gasteiger partial charge is 0.508 e. The second kappa shape index (κ2) is 9.86. The standard InChI is InChI=1S/C20H26N2O7S/c1-13(21)19(14(2)23)18(24)12-29-20(25)15-8-10-22(11-9-15)30(26,27)17-6-4-16(28-3)5-7-17/h4-7,15,21,24H,8-12H2,1-3H3/b19-18-,21-13?. The molecule has 2 rings (SSSR count). The molecular weight excluding hydrogens is 412 g/mol. The smallest absolute Gasteiger partial charge is 0.309 e. The molecule has 30 heavy (non-hydrogen) atoms. The Hall–Kier alpha value is -2.72. The predicted molar refractivity (Wildman–Crippen MR) is 109 cm³/mol. The fourth-order valence-electron chi connectivity index (χ4n) is 3.24. The molecule has 1 aromatic carbocycles. The monoisotopic (exact) mass is 438 g/mol. The normalized spacial score (nSPS) is 16.5. The van der Waals surface area contributed by atoms with E-state index in [1.807, 2.05) is 0 Å². The minimum Gasteiger partial charge on any atom is -0.508 e. The molecular formula is C20H26N2O7S. The molecule has 1 aromatic rings. The molecule has 1 saturated heterocycles. The van der Waals surface area contributed by atoms with Gasteiger partial charge < -0.3 is 20.0 Å². The Labute approximate surface area is 175 Å². The zero-order chi connectivity index (χ0) is 22.5. The summed E-state index contributed by atoms with van der Waals surface area (Å²) >= 11 is 0. The molecule has 0 amide bonds. The predicted octanol–water partition coefficient (Wildman–Crippen LogP) is 2.08. The highest BCUT2D eigenvalue weighted by Crippen LogP contribution is 2.26. The maximum atomic E-state index is 12.8. The number of benzene rings is 1. The lowest BCUT2D eigenvalue weighted by Gasteiger charge is -2.30. The number of carbonyl (C=O) groups excluding carboxylic acids is 2. The summed E-state index contributed by atoms with van der Waals surface area (Å²) in [5.74, 6) is -1.50. The Morgan fingerprint density at radius 2 is 1.73 bits per heavy atom. The maximum absolute atomic E-state index is 12.8. The van der Waals surface area contributed by atoms with Crippen LogP contribution in [0, 0.1) is 11.3 Å². The zero-order valence-electron chi connectivity index (χ0n) is 17.2. The van der Waals surface area contributed by atoms with Gasteiger partial charge >= 0.3 is 5.97 Å². The molecule has 0 atom stereocenters. The van der Waals surface area contributed by atoms with Gasteiger partial charge in [0, 0.05) is 18.8 Å². The van der Waals surface area contributed by atoms with E-state index >= 15 is 0 Å². The number of allylic oxidation sites excluding steroid dienone is 1. The summed E-state index contributed by atoms with van der Waals surface area (Å²) in [5.41, 5.74) is -0.295. The van der Waals surface area contributed by atoms with Gasteiger partial charge in [0.1, 0.15) is 18.1 Å². The molecule has 2 N–H and O–H groups in total. The van der Waals surface area contributed by atoms with E-state index in [9.17, 15) is 23.1 Å². The van der Waals surface area contributed by atoms with Crippen LogP contribution in [0.25, 0.3) is 0 Å². The van der Waals surface area contributed by atoms with Crippen LogP contribution in [0.5, 0.6) is 5.75 Å². The molecule has 0 saturated carbocycles. The van der Waals surface area contributed by atoms with Crippen LogP contribution in [0.2, 0.25) is 0 Å². The number of methoxy groups -OCH3 is 1. The summed E-state index contributed by atoms with van der Waals surface area (Å²) in [4.78, 5) is 23.9. The van der Waals surface area contributed by atoms with Gasteiger partial charge in [0.05, 0.1) is 23.5 Å². The van der Waals surface area contributed by atoms with Crippen LogP contribution in [0.3, 0.4) is 0 Å². The SMILES string of the molecule is COc1ccc(S(=O)(=O)N2CCC(C(=O)OC/C(O)=C(\C(C)=N)C(C)=O)CC2)cc1. The van der Waals surface area contributed by atoms with Gasteiger partial charge in [0.25, 0.3) is 0 Å². The van der Waals surface area contributed by atoms with E-state index in [1.165, 1.54) is 37.4 Å². The number of rotatable bonds is 8. The van der Waals surface area contributed by atoms with Gasteiger partial charge in [-0.05, 0) is 51.0 Å². The van der Waals surface area contributed by atoms with Crippen LogP contribution in [0.1, 0.15) is 26.7 Å². The number of piperidine rings is 1. The molecule has 0 radical (unpaired) electrons. The van der Waals surface area contributed by atoms with Crippen LogP contribution in [-0.4, -0.2) is 62.1 Å². The Balaban J connectivity index is 1.96. The van der Waals surface area contributed by atoms with Gasteiger partial charge in [-0.25, -0.2) is 8.42 Å². The number of Topliss-reactive ketones (excluding diaryl/α,β-unsaturated/α-hetero) is 1. The Morgan fingerprint density at radius 3 is 2.20 bits per heavy atom. The third-order valence-corrected chi connectivity index (χ3v) is 6.76. The van der Waals surface area contributed by atoms with Gasteiger partial charge in [-0.3, -0.25) is 9.59 Å². The molecule has 1 aliphatic heterocycles. The molecule has 10 heteroatoms. The summed E-state index contributed by atoms with van der Waals surface area (Å²) in [7, 11) is -2.18. The van der Waals surface area contributed by atoms with Crippen molar-refractivity contribution in [2.75, 3.05) is 26.8 Å².